The third-order valence-electron chi connectivity index (χ3n) is 4.79. The van der Waals surface area contributed by atoms with Crippen molar-refractivity contribution in [3.8, 4) is 18.2 Å². The van der Waals surface area contributed by atoms with Gasteiger partial charge in [-0.1, -0.05) is 6.58 Å². The first kappa shape index (κ1) is 31.4. The molecule has 0 saturated carbocycles. The van der Waals surface area contributed by atoms with Crippen LogP contribution in [0.2, 0.25) is 56.9 Å². The van der Waals surface area contributed by atoms with Crippen LogP contribution >= 0.6 is 0 Å². The summed E-state index contributed by atoms with van der Waals surface area (Å²) in [4.78, 5) is 11.8. The van der Waals surface area contributed by atoms with Crippen molar-refractivity contribution in [3.05, 3.63) is 12.2 Å². The van der Waals surface area contributed by atoms with Crippen LogP contribution in [-0.4, -0.2) is 47.1 Å². The lowest BCUT2D eigenvalue weighted by Crippen LogP contribution is -2.59. The fraction of sp³-hybridized carbons (Fsp3) is 0.714. The summed E-state index contributed by atoms with van der Waals surface area (Å²) in [6.45, 7) is 15.7. The van der Waals surface area contributed by atoms with Crippen molar-refractivity contribution >= 4 is 40.4 Å². The minimum Gasteiger partial charge on any atom is -0.462 e. The molecule has 0 rings (SSSR count). The largest absolute Gasteiger partial charge is 0.469 e. The van der Waals surface area contributed by atoms with E-state index in [-0.39, 0.29) is 6.61 Å². The van der Waals surface area contributed by atoms with Gasteiger partial charge in [0.2, 0.25) is 0 Å². The second-order valence-electron chi connectivity index (χ2n) is 9.37. The predicted octanol–water partition coefficient (Wildman–Crippen LogP) is 4.99. The molecular weight excluding hydrogens is 487 g/mol. The van der Waals surface area contributed by atoms with E-state index in [1.54, 1.807) is 6.92 Å². The number of carbonyl (C=O) groups is 1. The van der Waals surface area contributed by atoms with Crippen LogP contribution < -0.4 is 0 Å². The van der Waals surface area contributed by atoms with Crippen molar-refractivity contribution < 1.29 is 21.9 Å². The van der Waals surface area contributed by atoms with Gasteiger partial charge in [0.1, 0.15) is 0 Å². The summed E-state index contributed by atoms with van der Waals surface area (Å²) in [6.07, 6.45) is 1.72. The van der Waals surface area contributed by atoms with E-state index in [1.807, 2.05) is 6.55 Å². The highest BCUT2D eigenvalue weighted by atomic mass is 28.5. The molecule has 12 heteroatoms. The Labute approximate surface area is 204 Å². The Hall–Kier alpha value is -1.57. The van der Waals surface area contributed by atoms with Gasteiger partial charge in [0, 0.05) is 30.9 Å². The summed E-state index contributed by atoms with van der Waals surface area (Å²) in [6, 6.07) is 9.05. The number of rotatable bonds is 17. The van der Waals surface area contributed by atoms with Gasteiger partial charge in [-0.05, 0) is 64.2 Å². The summed E-state index contributed by atoms with van der Waals surface area (Å²) in [5.41, 5.74) is 0.342. The number of nitrogens with zero attached hydrogens (tertiary/aromatic N) is 3. The number of nitriles is 3. The van der Waals surface area contributed by atoms with Gasteiger partial charge in [0.15, 0.2) is 25.7 Å². The molecule has 0 amide bonds. The SMILES string of the molecule is C=C(C)C(=O)OCCC[Si](O[SiH](C)CCC#N)(O[Si](C)(C)CCC#N)O[Si](C)(C)CCC#N. The predicted molar refractivity (Wildman–Crippen MR) is 137 cm³/mol. The van der Waals surface area contributed by atoms with Gasteiger partial charge in [0.25, 0.3) is 0 Å². The fourth-order valence-electron chi connectivity index (χ4n) is 3.10. The van der Waals surface area contributed by atoms with E-state index >= 15 is 0 Å². The zero-order chi connectivity index (χ0) is 25.5. The van der Waals surface area contributed by atoms with Crippen LogP contribution in [0.5, 0.6) is 0 Å². The summed E-state index contributed by atoms with van der Waals surface area (Å²) in [7, 11) is -9.63. The van der Waals surface area contributed by atoms with Gasteiger partial charge < -0.3 is 17.1 Å². The Morgan fingerprint density at radius 2 is 1.39 bits per heavy atom. The Morgan fingerprint density at radius 1 is 0.909 bits per heavy atom. The third kappa shape index (κ3) is 14.3. The van der Waals surface area contributed by atoms with Crippen molar-refractivity contribution in [2.24, 2.45) is 0 Å². The molecule has 184 valence electrons. The number of hydrogen-bond acceptors (Lipinski definition) is 8. The first-order valence-electron chi connectivity index (χ1n) is 11.3. The van der Waals surface area contributed by atoms with Crippen LogP contribution in [0.4, 0.5) is 0 Å². The molecular formula is C21H39N3O5Si4. The summed E-state index contributed by atoms with van der Waals surface area (Å²) in [5, 5.41) is 27.2. The molecule has 1 unspecified atom stereocenters. The maximum atomic E-state index is 11.8. The van der Waals surface area contributed by atoms with Crippen molar-refractivity contribution in [1.29, 1.82) is 15.8 Å². The Morgan fingerprint density at radius 3 is 1.82 bits per heavy atom. The van der Waals surface area contributed by atoms with Crippen molar-refractivity contribution in [3.63, 3.8) is 0 Å². The van der Waals surface area contributed by atoms with Gasteiger partial charge >= 0.3 is 14.8 Å². The molecule has 0 aliphatic rings. The zero-order valence-corrected chi connectivity index (χ0v) is 25.2. The highest BCUT2D eigenvalue weighted by Gasteiger charge is 2.49. The first-order chi connectivity index (χ1) is 15.3. The molecule has 0 aromatic heterocycles. The molecule has 0 spiro atoms. The lowest BCUT2D eigenvalue weighted by atomic mass is 10.4. The number of carbonyl (C=O) groups excluding carboxylic acids is 1. The van der Waals surface area contributed by atoms with E-state index in [9.17, 15) is 4.79 Å². The van der Waals surface area contributed by atoms with E-state index in [2.05, 4.69) is 51.0 Å². The van der Waals surface area contributed by atoms with Gasteiger partial charge in [-0.2, -0.15) is 15.8 Å². The second kappa shape index (κ2) is 15.4. The van der Waals surface area contributed by atoms with E-state index in [4.69, 9.17) is 32.9 Å². The van der Waals surface area contributed by atoms with E-state index in [0.717, 1.165) is 0 Å². The summed E-state index contributed by atoms with van der Waals surface area (Å²) < 4.78 is 25.5. The monoisotopic (exact) mass is 525 g/mol. The Bertz CT molecular complexity index is 739. The molecule has 0 aliphatic carbocycles. The molecule has 0 aromatic rings. The molecule has 8 nitrogen and oxygen atoms in total. The molecule has 0 aliphatic heterocycles. The second-order valence-corrected chi connectivity index (χ2v) is 24.0. The molecule has 0 saturated heterocycles. The topological polar surface area (TPSA) is 125 Å². The smallest absolute Gasteiger partial charge is 0.462 e. The lowest BCUT2D eigenvalue weighted by molar-refractivity contribution is -0.139. The van der Waals surface area contributed by atoms with E-state index < -0.39 is 40.4 Å². The van der Waals surface area contributed by atoms with Crippen LogP contribution in [0.3, 0.4) is 0 Å². The van der Waals surface area contributed by atoms with Crippen LogP contribution in [0.25, 0.3) is 0 Å². The Kier molecular flexibility index (Phi) is 14.6. The van der Waals surface area contributed by atoms with Crippen LogP contribution in [0.1, 0.15) is 32.6 Å². The quantitative estimate of drug-likeness (QED) is 0.112. The Balaban J connectivity index is 5.90. The maximum Gasteiger partial charge on any atom is 0.469 e. The minimum absolute atomic E-state index is 0.199. The summed E-state index contributed by atoms with van der Waals surface area (Å²) >= 11 is 0. The highest BCUT2D eigenvalue weighted by Crippen LogP contribution is 2.31. The maximum absolute atomic E-state index is 11.8. The highest BCUT2D eigenvalue weighted by molar-refractivity contribution is 6.88. The van der Waals surface area contributed by atoms with Crippen molar-refractivity contribution in [1.82, 2.24) is 0 Å². The minimum atomic E-state index is -3.24. The third-order valence-corrected chi connectivity index (χ3v) is 19.7. The van der Waals surface area contributed by atoms with Gasteiger partial charge in [0.05, 0.1) is 24.8 Å². The molecule has 0 fully saturated rings. The lowest BCUT2D eigenvalue weighted by Gasteiger charge is -2.42. The first-order valence-corrected chi connectivity index (χ1v) is 21.9. The normalized spacial score (nSPS) is 12.8. The van der Waals surface area contributed by atoms with Crippen LogP contribution in [0, 0.1) is 34.0 Å². The fourth-order valence-corrected chi connectivity index (χ4v) is 19.2. The molecule has 0 N–H and O–H groups in total. The number of esters is 1. The molecule has 0 radical (unpaired) electrons. The molecule has 0 aromatic carbocycles. The van der Waals surface area contributed by atoms with Crippen molar-refractivity contribution in [2.75, 3.05) is 6.61 Å². The van der Waals surface area contributed by atoms with Gasteiger partial charge in [-0.3, -0.25) is 0 Å². The number of ether oxygens (including phenoxy) is 1. The van der Waals surface area contributed by atoms with Crippen LogP contribution in [-0.2, 0) is 21.9 Å². The average Bonchev–Trinajstić information content (AvgIpc) is 2.71. The summed E-state index contributed by atoms with van der Waals surface area (Å²) in [5.74, 6) is -0.436. The molecule has 1 atom stereocenters. The van der Waals surface area contributed by atoms with Gasteiger partial charge in [-0.25, -0.2) is 4.79 Å². The standard InChI is InChI=1S/C21H39N3O5Si4/c1-20(2)21(25)26-15-11-19-33(27-30(3)16-8-12-22,28-31(4,5)17-9-13-23)29-32(6,7)18-10-14-24/h30H,1,8-11,15-19H2,2-7H3. The van der Waals surface area contributed by atoms with E-state index in [1.165, 1.54) is 0 Å². The van der Waals surface area contributed by atoms with Gasteiger partial charge in [-0.15, -0.1) is 0 Å². The van der Waals surface area contributed by atoms with Crippen LogP contribution in [0.15, 0.2) is 12.2 Å². The van der Waals surface area contributed by atoms with E-state index in [0.29, 0.717) is 55.4 Å². The van der Waals surface area contributed by atoms with Crippen molar-refractivity contribution in [2.45, 2.75) is 89.5 Å². The zero-order valence-electron chi connectivity index (χ0n) is 21.0. The number of hydrogen-bond donors (Lipinski definition) is 0. The molecule has 33 heavy (non-hydrogen) atoms. The molecule has 0 bridgehead atoms. The average molecular weight is 526 g/mol. The molecule has 0 heterocycles.